The average molecular weight is 310 g/mol. The van der Waals surface area contributed by atoms with Crippen molar-refractivity contribution in [2.45, 2.75) is 77.6 Å². The number of aliphatic carboxylic acids is 2. The van der Waals surface area contributed by atoms with Crippen LogP contribution in [0.3, 0.4) is 0 Å². The molecule has 0 aromatic rings. The molecule has 22 heavy (non-hydrogen) atoms. The molecule has 0 radical (unpaired) electrons. The van der Waals surface area contributed by atoms with Crippen LogP contribution in [0.1, 0.15) is 77.6 Å². The highest BCUT2D eigenvalue weighted by molar-refractivity contribution is 5.96. The largest absolute Gasteiger partial charge is 0.478 e. The van der Waals surface area contributed by atoms with Gasteiger partial charge in [0.2, 0.25) is 0 Å². The number of rotatable bonds is 14. The van der Waals surface area contributed by atoms with E-state index in [0.29, 0.717) is 0 Å². The van der Waals surface area contributed by atoms with E-state index in [0.717, 1.165) is 25.3 Å². The van der Waals surface area contributed by atoms with Crippen LogP contribution in [0.15, 0.2) is 23.8 Å². The SMILES string of the molecule is CCCCCCCCCCCC/C=C/C(=C/C(=O)O)C(=O)O. The molecule has 0 unspecified atom stereocenters. The fourth-order valence-corrected chi connectivity index (χ4v) is 2.27. The van der Waals surface area contributed by atoms with E-state index in [9.17, 15) is 9.59 Å². The molecule has 4 nitrogen and oxygen atoms in total. The van der Waals surface area contributed by atoms with Crippen LogP contribution in [-0.4, -0.2) is 22.2 Å². The van der Waals surface area contributed by atoms with Crippen LogP contribution in [0.25, 0.3) is 0 Å². The summed E-state index contributed by atoms with van der Waals surface area (Å²) in [7, 11) is 0. The number of carboxylic acid groups (broad SMARTS) is 2. The molecular formula is C18H30O4. The molecule has 0 saturated heterocycles. The molecule has 0 bridgehead atoms. The highest BCUT2D eigenvalue weighted by atomic mass is 16.4. The molecule has 2 N–H and O–H groups in total. The summed E-state index contributed by atoms with van der Waals surface area (Å²) in [5.74, 6) is -2.44. The van der Waals surface area contributed by atoms with E-state index in [1.165, 1.54) is 57.4 Å². The molecule has 0 atom stereocenters. The van der Waals surface area contributed by atoms with Crippen molar-refractivity contribution in [2.75, 3.05) is 0 Å². The zero-order chi connectivity index (χ0) is 16.6. The molecule has 0 aliphatic carbocycles. The maximum absolute atomic E-state index is 10.8. The third-order valence-electron chi connectivity index (χ3n) is 3.55. The van der Waals surface area contributed by atoms with E-state index in [4.69, 9.17) is 10.2 Å². The van der Waals surface area contributed by atoms with Gasteiger partial charge in [0, 0.05) is 6.08 Å². The van der Waals surface area contributed by atoms with Gasteiger partial charge in [-0.05, 0) is 12.8 Å². The molecule has 0 aliphatic heterocycles. The first-order chi connectivity index (χ1) is 10.6. The molecule has 0 spiro atoms. The quantitative estimate of drug-likeness (QED) is 0.270. The molecule has 0 saturated carbocycles. The van der Waals surface area contributed by atoms with Crippen LogP contribution in [0.5, 0.6) is 0 Å². The van der Waals surface area contributed by atoms with Gasteiger partial charge < -0.3 is 10.2 Å². The van der Waals surface area contributed by atoms with Gasteiger partial charge in [0.25, 0.3) is 0 Å². The molecule has 0 aromatic carbocycles. The minimum Gasteiger partial charge on any atom is -0.478 e. The minimum atomic E-state index is -1.24. The van der Waals surface area contributed by atoms with Gasteiger partial charge in [-0.15, -0.1) is 0 Å². The highest BCUT2D eigenvalue weighted by Crippen LogP contribution is 2.11. The Labute approximate surface area is 133 Å². The first-order valence-corrected chi connectivity index (χ1v) is 8.42. The van der Waals surface area contributed by atoms with Crippen molar-refractivity contribution in [3.05, 3.63) is 23.8 Å². The van der Waals surface area contributed by atoms with E-state index in [-0.39, 0.29) is 5.57 Å². The summed E-state index contributed by atoms with van der Waals surface area (Å²) in [6, 6.07) is 0. The van der Waals surface area contributed by atoms with Crippen molar-refractivity contribution in [1.82, 2.24) is 0 Å². The Hall–Kier alpha value is -1.58. The van der Waals surface area contributed by atoms with E-state index in [2.05, 4.69) is 6.92 Å². The zero-order valence-corrected chi connectivity index (χ0v) is 13.7. The maximum atomic E-state index is 10.8. The lowest BCUT2D eigenvalue weighted by Gasteiger charge is -2.01. The zero-order valence-electron chi connectivity index (χ0n) is 13.7. The molecule has 0 amide bonds. The topological polar surface area (TPSA) is 74.6 Å². The molecule has 0 fully saturated rings. The second kappa shape index (κ2) is 14.4. The van der Waals surface area contributed by atoms with Crippen LogP contribution < -0.4 is 0 Å². The van der Waals surface area contributed by atoms with Gasteiger partial charge in [-0.2, -0.15) is 0 Å². The number of carbonyl (C=O) groups is 2. The Balaban J connectivity index is 3.58. The Morgan fingerprint density at radius 3 is 1.77 bits per heavy atom. The van der Waals surface area contributed by atoms with E-state index in [1.54, 1.807) is 6.08 Å². The summed E-state index contributed by atoms with van der Waals surface area (Å²) < 4.78 is 0. The van der Waals surface area contributed by atoms with Gasteiger partial charge in [0.1, 0.15) is 0 Å². The van der Waals surface area contributed by atoms with Crippen molar-refractivity contribution in [1.29, 1.82) is 0 Å². The molecule has 4 heteroatoms. The standard InChI is InChI=1S/C18H30O4/c1-2-3-4-5-6-7-8-9-10-11-12-13-14-16(18(21)22)15-17(19)20/h13-15H,2-12H2,1H3,(H,19,20)(H,21,22)/b14-13+,16-15-. The van der Waals surface area contributed by atoms with Gasteiger partial charge in [0.15, 0.2) is 0 Å². The summed E-state index contributed by atoms with van der Waals surface area (Å²) in [5.41, 5.74) is -0.181. The lowest BCUT2D eigenvalue weighted by Crippen LogP contribution is -2.01. The highest BCUT2D eigenvalue weighted by Gasteiger charge is 2.04. The molecular weight excluding hydrogens is 280 g/mol. The average Bonchev–Trinajstić information content (AvgIpc) is 2.46. The monoisotopic (exact) mass is 310 g/mol. The van der Waals surface area contributed by atoms with Crippen LogP contribution in [0.4, 0.5) is 0 Å². The van der Waals surface area contributed by atoms with Gasteiger partial charge in [0.05, 0.1) is 5.57 Å². The third kappa shape index (κ3) is 13.4. The van der Waals surface area contributed by atoms with Gasteiger partial charge >= 0.3 is 11.9 Å². The Morgan fingerprint density at radius 2 is 1.32 bits per heavy atom. The summed E-state index contributed by atoms with van der Waals surface area (Å²) >= 11 is 0. The van der Waals surface area contributed by atoms with Gasteiger partial charge in [-0.3, -0.25) is 0 Å². The second-order valence-electron chi connectivity index (χ2n) is 5.62. The van der Waals surface area contributed by atoms with Crippen LogP contribution in [0, 0.1) is 0 Å². The number of allylic oxidation sites excluding steroid dienone is 1. The predicted octanol–water partition coefficient (Wildman–Crippen LogP) is 4.95. The first-order valence-electron chi connectivity index (χ1n) is 8.42. The molecule has 126 valence electrons. The van der Waals surface area contributed by atoms with Crippen LogP contribution >= 0.6 is 0 Å². The van der Waals surface area contributed by atoms with E-state index < -0.39 is 11.9 Å². The fraction of sp³-hybridized carbons (Fsp3) is 0.667. The normalized spacial score (nSPS) is 12.0. The van der Waals surface area contributed by atoms with Crippen molar-refractivity contribution in [3.8, 4) is 0 Å². The smallest absolute Gasteiger partial charge is 0.335 e. The number of hydrogen-bond donors (Lipinski definition) is 2. The minimum absolute atomic E-state index is 0.181. The lowest BCUT2D eigenvalue weighted by molar-refractivity contribution is -0.134. The number of hydrogen-bond acceptors (Lipinski definition) is 2. The third-order valence-corrected chi connectivity index (χ3v) is 3.55. The lowest BCUT2D eigenvalue weighted by atomic mass is 10.1. The van der Waals surface area contributed by atoms with Gasteiger partial charge in [-0.1, -0.05) is 76.9 Å². The van der Waals surface area contributed by atoms with Crippen molar-refractivity contribution < 1.29 is 19.8 Å². The van der Waals surface area contributed by atoms with E-state index in [1.807, 2.05) is 0 Å². The molecule has 0 rings (SSSR count). The molecule has 0 aromatic heterocycles. The van der Waals surface area contributed by atoms with Crippen LogP contribution in [0.2, 0.25) is 0 Å². The first kappa shape index (κ1) is 20.4. The van der Waals surface area contributed by atoms with Gasteiger partial charge in [-0.25, -0.2) is 9.59 Å². The summed E-state index contributed by atoms with van der Waals surface area (Å²) in [4.78, 5) is 21.2. The summed E-state index contributed by atoms with van der Waals surface area (Å²) in [6.07, 6.45) is 17.3. The van der Waals surface area contributed by atoms with Crippen molar-refractivity contribution >= 4 is 11.9 Å². The Morgan fingerprint density at radius 1 is 0.818 bits per heavy atom. The Bertz CT molecular complexity index is 369. The second-order valence-corrected chi connectivity index (χ2v) is 5.62. The fourth-order valence-electron chi connectivity index (χ4n) is 2.27. The Kier molecular flexibility index (Phi) is 13.3. The molecule has 0 heterocycles. The summed E-state index contributed by atoms with van der Waals surface area (Å²) in [6.45, 7) is 2.23. The van der Waals surface area contributed by atoms with Crippen LogP contribution in [-0.2, 0) is 9.59 Å². The predicted molar refractivity (Wildman–Crippen MR) is 89.0 cm³/mol. The number of carboxylic acids is 2. The maximum Gasteiger partial charge on any atom is 0.335 e. The number of unbranched alkanes of at least 4 members (excludes halogenated alkanes) is 10. The van der Waals surface area contributed by atoms with Crippen molar-refractivity contribution in [2.24, 2.45) is 0 Å². The summed E-state index contributed by atoms with van der Waals surface area (Å²) in [5, 5.41) is 17.4. The van der Waals surface area contributed by atoms with Crippen molar-refractivity contribution in [3.63, 3.8) is 0 Å². The molecule has 0 aliphatic rings. The van der Waals surface area contributed by atoms with E-state index >= 15 is 0 Å².